The summed E-state index contributed by atoms with van der Waals surface area (Å²) in [6.07, 6.45) is 0. The average molecular weight is 267 g/mol. The van der Waals surface area contributed by atoms with Gasteiger partial charge in [-0.2, -0.15) is 5.26 Å². The molecule has 0 unspecified atom stereocenters. The predicted molar refractivity (Wildman–Crippen MR) is 73.3 cm³/mol. The Morgan fingerprint density at radius 1 is 1.30 bits per heavy atom. The van der Waals surface area contributed by atoms with Gasteiger partial charge in [0.1, 0.15) is 6.07 Å². The summed E-state index contributed by atoms with van der Waals surface area (Å²) in [6.45, 7) is 4.65. The summed E-state index contributed by atoms with van der Waals surface area (Å²) in [5.74, 6) is 1.01. The molecule has 0 saturated heterocycles. The van der Waals surface area contributed by atoms with E-state index in [9.17, 15) is 0 Å². The molecule has 1 aromatic carbocycles. The number of fused-ring (bicyclic) bond motifs is 3. The van der Waals surface area contributed by atoms with Gasteiger partial charge < -0.3 is 4.74 Å². The lowest BCUT2D eigenvalue weighted by molar-refractivity contribution is 0.264. The highest BCUT2D eigenvalue weighted by atomic mass is 16.5. The van der Waals surface area contributed by atoms with E-state index < -0.39 is 0 Å². The number of nitriles is 1. The Morgan fingerprint density at radius 2 is 2.10 bits per heavy atom. The molecular formula is C14H13N5O. The van der Waals surface area contributed by atoms with Crippen LogP contribution in [0.1, 0.15) is 19.7 Å². The van der Waals surface area contributed by atoms with Crippen LogP contribution in [0.2, 0.25) is 0 Å². The van der Waals surface area contributed by atoms with E-state index in [-0.39, 0.29) is 5.82 Å². The Morgan fingerprint density at radius 3 is 2.85 bits per heavy atom. The maximum atomic E-state index is 9.16. The van der Waals surface area contributed by atoms with Gasteiger partial charge >= 0.3 is 0 Å². The first-order chi connectivity index (χ1) is 9.70. The van der Waals surface area contributed by atoms with Crippen molar-refractivity contribution in [2.75, 3.05) is 6.61 Å². The van der Waals surface area contributed by atoms with E-state index in [1.54, 1.807) is 4.40 Å². The largest absolute Gasteiger partial charge is 0.475 e. The van der Waals surface area contributed by atoms with Gasteiger partial charge in [0.05, 0.1) is 17.6 Å². The molecule has 6 heteroatoms. The minimum absolute atomic E-state index is 0.230. The number of rotatable bonds is 3. The second-order valence-corrected chi connectivity index (χ2v) is 4.90. The van der Waals surface area contributed by atoms with Crippen molar-refractivity contribution >= 4 is 16.7 Å². The molecule has 0 spiro atoms. The van der Waals surface area contributed by atoms with Crippen molar-refractivity contribution in [1.82, 2.24) is 19.6 Å². The maximum absolute atomic E-state index is 9.16. The van der Waals surface area contributed by atoms with Crippen LogP contribution in [0.4, 0.5) is 0 Å². The van der Waals surface area contributed by atoms with Gasteiger partial charge in [-0.25, -0.2) is 4.98 Å². The molecule has 0 bridgehead atoms. The van der Waals surface area contributed by atoms with Crippen LogP contribution >= 0.6 is 0 Å². The fraction of sp³-hybridized carbons (Fsp3) is 0.286. The van der Waals surface area contributed by atoms with Crippen molar-refractivity contribution in [3.8, 4) is 11.9 Å². The molecule has 2 heterocycles. The zero-order chi connectivity index (χ0) is 14.1. The molecule has 0 aliphatic rings. The molecule has 0 amide bonds. The lowest BCUT2D eigenvalue weighted by atomic mass is 10.2. The van der Waals surface area contributed by atoms with Crippen LogP contribution in [0.5, 0.6) is 5.88 Å². The summed E-state index contributed by atoms with van der Waals surface area (Å²) in [5.41, 5.74) is 2.01. The third-order valence-electron chi connectivity index (χ3n) is 2.85. The van der Waals surface area contributed by atoms with Crippen molar-refractivity contribution in [3.05, 3.63) is 30.1 Å². The van der Waals surface area contributed by atoms with E-state index >= 15 is 0 Å². The molecule has 0 radical (unpaired) electrons. The summed E-state index contributed by atoms with van der Waals surface area (Å²) in [5, 5.41) is 17.1. The van der Waals surface area contributed by atoms with Crippen LogP contribution in [0.3, 0.4) is 0 Å². The first-order valence-corrected chi connectivity index (χ1v) is 6.37. The molecular weight excluding hydrogens is 254 g/mol. The quantitative estimate of drug-likeness (QED) is 0.727. The Hall–Kier alpha value is -2.68. The average Bonchev–Trinajstić information content (AvgIpc) is 2.89. The van der Waals surface area contributed by atoms with Gasteiger partial charge in [-0.1, -0.05) is 26.0 Å². The summed E-state index contributed by atoms with van der Waals surface area (Å²) < 4.78 is 7.38. The number of benzene rings is 1. The van der Waals surface area contributed by atoms with Gasteiger partial charge in [-0.3, -0.25) is 4.40 Å². The second kappa shape index (κ2) is 4.78. The fourth-order valence-corrected chi connectivity index (χ4v) is 1.97. The SMILES string of the molecule is CC(C)COc1nc2ccccc2n2c(C#N)nnc12. The van der Waals surface area contributed by atoms with Gasteiger partial charge in [0.25, 0.3) is 5.88 Å². The van der Waals surface area contributed by atoms with E-state index in [1.807, 2.05) is 30.3 Å². The monoisotopic (exact) mass is 267 g/mol. The molecule has 0 atom stereocenters. The van der Waals surface area contributed by atoms with Crippen LogP contribution < -0.4 is 4.74 Å². The van der Waals surface area contributed by atoms with E-state index in [0.717, 1.165) is 11.0 Å². The highest BCUT2D eigenvalue weighted by molar-refractivity contribution is 5.80. The third-order valence-corrected chi connectivity index (χ3v) is 2.85. The number of para-hydroxylation sites is 2. The van der Waals surface area contributed by atoms with E-state index in [2.05, 4.69) is 29.0 Å². The molecule has 20 heavy (non-hydrogen) atoms. The van der Waals surface area contributed by atoms with Crippen LogP contribution in [-0.2, 0) is 0 Å². The normalized spacial score (nSPS) is 11.1. The van der Waals surface area contributed by atoms with Crippen LogP contribution in [0.15, 0.2) is 24.3 Å². The predicted octanol–water partition coefficient (Wildman–Crippen LogP) is 2.18. The smallest absolute Gasteiger partial charge is 0.260 e. The van der Waals surface area contributed by atoms with Crippen molar-refractivity contribution in [2.24, 2.45) is 5.92 Å². The van der Waals surface area contributed by atoms with E-state index in [0.29, 0.717) is 24.1 Å². The molecule has 0 saturated carbocycles. The molecule has 3 rings (SSSR count). The van der Waals surface area contributed by atoms with Crippen LogP contribution in [0, 0.1) is 17.2 Å². The Balaban J connectivity index is 2.29. The van der Waals surface area contributed by atoms with E-state index in [1.165, 1.54) is 0 Å². The van der Waals surface area contributed by atoms with Gasteiger partial charge in [0, 0.05) is 0 Å². The lowest BCUT2D eigenvalue weighted by Gasteiger charge is -2.10. The van der Waals surface area contributed by atoms with Crippen LogP contribution in [-0.4, -0.2) is 26.2 Å². The maximum Gasteiger partial charge on any atom is 0.260 e. The Bertz CT molecular complexity index is 815. The molecule has 0 aliphatic carbocycles. The Labute approximate surface area is 115 Å². The highest BCUT2D eigenvalue weighted by Crippen LogP contribution is 2.23. The topological polar surface area (TPSA) is 76.1 Å². The van der Waals surface area contributed by atoms with Gasteiger partial charge in [-0.05, 0) is 18.1 Å². The number of hydrogen-bond donors (Lipinski definition) is 0. The van der Waals surface area contributed by atoms with Crippen molar-refractivity contribution < 1.29 is 4.74 Å². The number of ether oxygens (including phenoxy) is 1. The van der Waals surface area contributed by atoms with Gasteiger partial charge in [0.15, 0.2) is 0 Å². The Kier molecular flexibility index (Phi) is 2.95. The molecule has 6 nitrogen and oxygen atoms in total. The number of hydrogen-bond acceptors (Lipinski definition) is 5. The second-order valence-electron chi connectivity index (χ2n) is 4.90. The highest BCUT2D eigenvalue weighted by Gasteiger charge is 2.15. The fourth-order valence-electron chi connectivity index (χ4n) is 1.97. The zero-order valence-electron chi connectivity index (χ0n) is 11.2. The van der Waals surface area contributed by atoms with Crippen LogP contribution in [0.25, 0.3) is 16.7 Å². The molecule has 3 aromatic rings. The van der Waals surface area contributed by atoms with Gasteiger partial charge in [0.2, 0.25) is 11.5 Å². The van der Waals surface area contributed by atoms with E-state index in [4.69, 9.17) is 10.00 Å². The first kappa shape index (κ1) is 12.4. The minimum atomic E-state index is 0.230. The number of nitrogens with zero attached hydrogens (tertiary/aromatic N) is 5. The zero-order valence-corrected chi connectivity index (χ0v) is 11.2. The summed E-state index contributed by atoms with van der Waals surface area (Å²) >= 11 is 0. The third kappa shape index (κ3) is 1.93. The molecule has 0 fully saturated rings. The number of aromatic nitrogens is 4. The standard InChI is InChI=1S/C14H13N5O/c1-9(2)8-20-14-13-18-17-12(7-15)19(13)11-6-4-3-5-10(11)16-14/h3-6,9H,8H2,1-2H3. The minimum Gasteiger partial charge on any atom is -0.475 e. The first-order valence-electron chi connectivity index (χ1n) is 6.37. The van der Waals surface area contributed by atoms with Crippen molar-refractivity contribution in [2.45, 2.75) is 13.8 Å². The molecule has 2 aromatic heterocycles. The van der Waals surface area contributed by atoms with Crippen molar-refractivity contribution in [1.29, 1.82) is 5.26 Å². The van der Waals surface area contributed by atoms with Crippen molar-refractivity contribution in [3.63, 3.8) is 0 Å². The summed E-state index contributed by atoms with van der Waals surface area (Å²) in [7, 11) is 0. The molecule has 0 N–H and O–H groups in total. The summed E-state index contributed by atoms with van der Waals surface area (Å²) in [6, 6.07) is 9.57. The van der Waals surface area contributed by atoms with Gasteiger partial charge in [-0.15, -0.1) is 10.2 Å². The summed E-state index contributed by atoms with van der Waals surface area (Å²) in [4.78, 5) is 4.47. The molecule has 100 valence electrons. The molecule has 0 aliphatic heterocycles. The lowest BCUT2D eigenvalue weighted by Crippen LogP contribution is -2.07.